The highest BCUT2D eigenvalue weighted by molar-refractivity contribution is 5.93. The highest BCUT2D eigenvalue weighted by Gasteiger charge is 2.39. The fourth-order valence-electron chi connectivity index (χ4n) is 9.66. The van der Waals surface area contributed by atoms with Crippen LogP contribution in [-0.2, 0) is 19.1 Å². The van der Waals surface area contributed by atoms with Crippen LogP contribution in [0.3, 0.4) is 0 Å². The van der Waals surface area contributed by atoms with Crippen molar-refractivity contribution in [2.45, 2.75) is 98.1 Å². The number of nitrogens with one attached hydrogen (secondary N) is 4. The van der Waals surface area contributed by atoms with Crippen molar-refractivity contribution in [2.75, 3.05) is 20.2 Å². The van der Waals surface area contributed by atoms with Gasteiger partial charge in [-0.2, -0.15) is 0 Å². The van der Waals surface area contributed by atoms with Crippen LogP contribution in [0.15, 0.2) is 79.1 Å². The summed E-state index contributed by atoms with van der Waals surface area (Å²) in [5.41, 5.74) is 5.49. The molecular formula is C50H58FN9O6. The molecule has 0 unspecified atom stereocenters. The second-order valence-electron chi connectivity index (χ2n) is 17.9. The first kappa shape index (κ1) is 45.6. The summed E-state index contributed by atoms with van der Waals surface area (Å²) in [6, 6.07) is 19.2. The van der Waals surface area contributed by atoms with Crippen molar-refractivity contribution in [1.82, 2.24) is 44.9 Å². The van der Waals surface area contributed by atoms with E-state index in [1.165, 1.54) is 20.1 Å². The van der Waals surface area contributed by atoms with Gasteiger partial charge in [-0.1, -0.05) is 71.5 Å². The predicted octanol–water partition coefficient (Wildman–Crippen LogP) is 8.67. The standard InChI is InChI=1S/C49H54FN9O6.CH4/c1-26(2)42(53-28(5)60)46(61)57-18-10-14-37(57)44-51-24-34(54-44)30-16-17-36-32(20-30)22-39-41-33(50)21-31(23-40(41)65-48(59(36)39)29-12-8-7-9-13-29)35-25-52-45(55-35)38-15-11-19-58(38)47(62)43(27(3)4)56-49(63)64-6;/h7-9,12-13,16-17,20-27,37-38,42-43,48H,10-11,14-15,18-19H2,1-6H3,(H,51,54)(H,52,55)(H,53,60)(H,56,63);1H4/t37-,38-,42-,43-,48-;/m0./s1. The lowest BCUT2D eigenvalue weighted by Gasteiger charge is -2.31. The van der Waals surface area contributed by atoms with E-state index in [-0.39, 0.29) is 49.1 Å². The minimum Gasteiger partial charge on any atom is -0.465 e. The zero-order valence-corrected chi connectivity index (χ0v) is 37.4. The van der Waals surface area contributed by atoms with Gasteiger partial charge in [-0.05, 0) is 67.9 Å². The molecule has 3 aromatic heterocycles. The Bertz CT molecular complexity index is 2780. The van der Waals surface area contributed by atoms with Crippen molar-refractivity contribution >= 4 is 34.7 Å². The Morgan fingerprint density at radius 1 is 0.788 bits per heavy atom. The Morgan fingerprint density at radius 2 is 1.38 bits per heavy atom. The summed E-state index contributed by atoms with van der Waals surface area (Å²) < 4.78 is 30.4. The summed E-state index contributed by atoms with van der Waals surface area (Å²) in [5, 5.41) is 6.39. The van der Waals surface area contributed by atoms with Gasteiger partial charge in [0.25, 0.3) is 0 Å². The zero-order chi connectivity index (χ0) is 45.7. The van der Waals surface area contributed by atoms with Gasteiger partial charge < -0.3 is 44.4 Å². The number of hydrogen-bond acceptors (Lipinski definition) is 8. The van der Waals surface area contributed by atoms with E-state index in [4.69, 9.17) is 14.5 Å². The number of carbonyl (C=O) groups excluding carboxylic acids is 4. The van der Waals surface area contributed by atoms with Gasteiger partial charge in [-0.3, -0.25) is 14.4 Å². The number of rotatable bonds is 11. The van der Waals surface area contributed by atoms with Gasteiger partial charge >= 0.3 is 6.09 Å². The first-order valence-electron chi connectivity index (χ1n) is 22.3. The number of likely N-dealkylation sites (tertiary alicyclic amines) is 2. The van der Waals surface area contributed by atoms with E-state index in [1.54, 1.807) is 17.3 Å². The first-order chi connectivity index (χ1) is 31.3. The van der Waals surface area contributed by atoms with Crippen molar-refractivity contribution in [3.8, 4) is 39.5 Å². The molecule has 0 saturated carbocycles. The Hall–Kier alpha value is -6.97. The van der Waals surface area contributed by atoms with Crippen LogP contribution in [0.2, 0.25) is 0 Å². The maximum Gasteiger partial charge on any atom is 0.407 e. The fraction of sp³-hybridized carbons (Fsp3) is 0.400. The molecule has 346 valence electrons. The van der Waals surface area contributed by atoms with E-state index >= 15 is 4.39 Å². The minimum atomic E-state index is -0.768. The fourth-order valence-corrected chi connectivity index (χ4v) is 9.66. The van der Waals surface area contributed by atoms with E-state index < -0.39 is 30.2 Å². The Balaban J connectivity index is 0.00000592. The smallest absolute Gasteiger partial charge is 0.407 e. The normalized spacial score (nSPS) is 18.7. The van der Waals surface area contributed by atoms with Crippen molar-refractivity contribution < 1.29 is 33.0 Å². The lowest BCUT2D eigenvalue weighted by Crippen LogP contribution is -2.51. The number of aromatic amines is 2. The summed E-state index contributed by atoms with van der Waals surface area (Å²) in [7, 11) is 1.27. The lowest BCUT2D eigenvalue weighted by molar-refractivity contribution is -0.138. The summed E-state index contributed by atoms with van der Waals surface area (Å²) in [6.07, 6.45) is 5.16. The van der Waals surface area contributed by atoms with Crippen LogP contribution in [-0.4, -0.2) is 90.4 Å². The molecule has 0 aliphatic carbocycles. The van der Waals surface area contributed by atoms with E-state index in [9.17, 15) is 19.2 Å². The van der Waals surface area contributed by atoms with E-state index in [0.717, 1.165) is 47.0 Å². The average Bonchev–Trinajstić information content (AvgIpc) is 4.15. The highest BCUT2D eigenvalue weighted by atomic mass is 19.1. The van der Waals surface area contributed by atoms with Crippen LogP contribution in [0.1, 0.15) is 103 Å². The van der Waals surface area contributed by atoms with Crippen molar-refractivity contribution in [2.24, 2.45) is 11.8 Å². The number of methoxy groups -OCH3 is 1. The van der Waals surface area contributed by atoms with Gasteiger partial charge in [0.2, 0.25) is 23.9 Å². The number of imidazole rings is 2. The molecule has 4 N–H and O–H groups in total. The maximum absolute atomic E-state index is 16.8. The van der Waals surface area contributed by atoms with E-state index in [2.05, 4.69) is 25.6 Å². The van der Waals surface area contributed by atoms with Crippen LogP contribution in [0, 0.1) is 17.7 Å². The van der Waals surface area contributed by atoms with Gasteiger partial charge in [-0.25, -0.2) is 19.2 Å². The monoisotopic (exact) mass is 899 g/mol. The highest BCUT2D eigenvalue weighted by Crippen LogP contribution is 2.47. The van der Waals surface area contributed by atoms with Crippen LogP contribution in [0.5, 0.6) is 5.75 Å². The SMILES string of the molecule is C.COC(=O)N[C@H](C(=O)N1CCC[C@H]1c1ncc(-c2cc(F)c3c(c2)O[C@@H](c2ccccc2)n2c-3cc3cc(-c4cnc([C@@H]5CCCN5C(=O)[C@@H](NC(C)=O)C(C)C)[nH]4)ccc32)[nH]1)C(C)C. The number of alkyl carbamates (subject to hydrolysis) is 1. The number of hydrogen-bond donors (Lipinski definition) is 4. The van der Waals surface area contributed by atoms with Crippen LogP contribution < -0.4 is 15.4 Å². The molecule has 0 radical (unpaired) electrons. The van der Waals surface area contributed by atoms with E-state index in [0.29, 0.717) is 59.4 Å². The number of ether oxygens (including phenoxy) is 2. The molecule has 5 atom stereocenters. The minimum absolute atomic E-state index is 0. The number of H-pyrrole nitrogens is 2. The number of carbonyl (C=O) groups is 4. The molecule has 66 heavy (non-hydrogen) atoms. The Kier molecular flexibility index (Phi) is 12.8. The predicted molar refractivity (Wildman–Crippen MR) is 248 cm³/mol. The molecule has 0 bridgehead atoms. The average molecular weight is 900 g/mol. The van der Waals surface area contributed by atoms with Crippen LogP contribution >= 0.6 is 0 Å². The molecule has 2 fully saturated rings. The molecule has 2 saturated heterocycles. The molecule has 3 aliphatic heterocycles. The molecule has 6 heterocycles. The lowest BCUT2D eigenvalue weighted by atomic mass is 10.0. The largest absolute Gasteiger partial charge is 0.465 e. The van der Waals surface area contributed by atoms with Gasteiger partial charge in [0.05, 0.1) is 59.7 Å². The quantitative estimate of drug-likeness (QED) is 0.0998. The third kappa shape index (κ3) is 8.40. The van der Waals surface area contributed by atoms with Crippen molar-refractivity contribution in [1.29, 1.82) is 0 Å². The van der Waals surface area contributed by atoms with Gasteiger partial charge in [-0.15, -0.1) is 0 Å². The molecule has 3 aromatic carbocycles. The van der Waals surface area contributed by atoms with Gasteiger partial charge in [0.1, 0.15) is 35.3 Å². The van der Waals surface area contributed by atoms with Crippen LogP contribution in [0.4, 0.5) is 9.18 Å². The Labute approximate surface area is 383 Å². The summed E-state index contributed by atoms with van der Waals surface area (Å²) in [4.78, 5) is 71.4. The second-order valence-corrected chi connectivity index (χ2v) is 17.9. The van der Waals surface area contributed by atoms with Gasteiger partial charge in [0, 0.05) is 42.1 Å². The molecular weight excluding hydrogens is 842 g/mol. The molecule has 15 nitrogen and oxygen atoms in total. The number of amides is 4. The summed E-state index contributed by atoms with van der Waals surface area (Å²) in [5.74, 6) is 0.343. The van der Waals surface area contributed by atoms with E-state index in [1.807, 2.05) is 97.8 Å². The first-order valence-corrected chi connectivity index (χ1v) is 22.3. The van der Waals surface area contributed by atoms with Gasteiger partial charge in [0.15, 0.2) is 0 Å². The second kappa shape index (κ2) is 18.5. The molecule has 16 heteroatoms. The third-order valence-electron chi connectivity index (χ3n) is 12.9. The number of fused-ring (bicyclic) bond motifs is 5. The number of nitrogens with zero attached hydrogens (tertiary/aromatic N) is 5. The Morgan fingerprint density at radius 3 is 1.95 bits per heavy atom. The summed E-state index contributed by atoms with van der Waals surface area (Å²) in [6.45, 7) is 10.1. The number of aromatic nitrogens is 5. The van der Waals surface area contributed by atoms with Crippen LogP contribution in [0.25, 0.3) is 44.7 Å². The maximum atomic E-state index is 16.8. The third-order valence-corrected chi connectivity index (χ3v) is 12.9. The zero-order valence-electron chi connectivity index (χ0n) is 37.4. The van der Waals surface area contributed by atoms with Crippen molar-refractivity contribution in [3.63, 3.8) is 0 Å². The summed E-state index contributed by atoms with van der Waals surface area (Å²) >= 11 is 0. The number of benzene rings is 3. The number of halogens is 1. The molecule has 0 spiro atoms. The van der Waals surface area contributed by atoms with Crippen molar-refractivity contribution in [3.05, 3.63) is 102 Å². The molecule has 3 aliphatic rings. The topological polar surface area (TPSA) is 180 Å². The molecule has 4 amide bonds. The molecule has 6 aromatic rings. The molecule has 9 rings (SSSR count).